The van der Waals surface area contributed by atoms with Crippen LogP contribution in [0.15, 0.2) is 21.5 Å². The van der Waals surface area contributed by atoms with E-state index in [0.717, 1.165) is 0 Å². The summed E-state index contributed by atoms with van der Waals surface area (Å²) in [4.78, 5) is -0.307. The average Bonchev–Trinajstić information content (AvgIpc) is 2.43. The van der Waals surface area contributed by atoms with Crippen molar-refractivity contribution in [2.45, 2.75) is 35.9 Å². The minimum Gasteiger partial charge on any atom is -0.207 e. The van der Waals surface area contributed by atoms with E-state index < -0.39 is 15.8 Å². The monoisotopic (exact) mass is 415 g/mol. The quantitative estimate of drug-likeness (QED) is 0.703. The Hall–Kier alpha value is 0.180. The molecule has 118 valence electrons. The lowest BCUT2D eigenvalue weighted by Gasteiger charge is -2.36. The fraction of sp³-hybridized carbons (Fsp3) is 0.538. The van der Waals surface area contributed by atoms with Gasteiger partial charge in [-0.05, 0) is 19.1 Å². The third kappa shape index (κ3) is 3.42. The van der Waals surface area contributed by atoms with Gasteiger partial charge in [0.1, 0.15) is 10.7 Å². The molecule has 1 aromatic carbocycles. The first-order chi connectivity index (χ1) is 9.78. The van der Waals surface area contributed by atoms with Crippen LogP contribution in [0.3, 0.4) is 0 Å². The van der Waals surface area contributed by atoms with Crippen LogP contribution in [0.2, 0.25) is 0 Å². The summed E-state index contributed by atoms with van der Waals surface area (Å²) in [5.74, 6) is -0.121. The molecule has 0 aliphatic carbocycles. The Balaban J connectivity index is 2.51. The van der Waals surface area contributed by atoms with Gasteiger partial charge in [-0.25, -0.2) is 12.8 Å². The first-order valence-electron chi connectivity index (χ1n) is 6.46. The topological polar surface area (TPSA) is 37.4 Å². The van der Waals surface area contributed by atoms with E-state index in [0.29, 0.717) is 16.8 Å². The highest BCUT2D eigenvalue weighted by atomic mass is 79.9. The molecule has 2 atom stereocenters. The summed E-state index contributed by atoms with van der Waals surface area (Å²) in [6.07, 6.45) is 0. The van der Waals surface area contributed by atoms with Gasteiger partial charge in [0.2, 0.25) is 10.0 Å². The number of hydrogen-bond donors (Lipinski definition) is 0. The molecule has 0 bridgehead atoms. The van der Waals surface area contributed by atoms with Crippen LogP contribution in [-0.4, -0.2) is 36.3 Å². The molecule has 0 N–H and O–H groups in total. The summed E-state index contributed by atoms with van der Waals surface area (Å²) in [5.41, 5.74) is 0.178. The van der Waals surface area contributed by atoms with Gasteiger partial charge in [-0.1, -0.05) is 22.9 Å². The zero-order chi connectivity index (χ0) is 15.8. The van der Waals surface area contributed by atoms with Crippen molar-refractivity contribution in [3.8, 4) is 0 Å². The highest BCUT2D eigenvalue weighted by Gasteiger charge is 2.36. The van der Waals surface area contributed by atoms with Gasteiger partial charge in [0.25, 0.3) is 0 Å². The molecule has 1 fully saturated rings. The molecule has 0 aromatic heterocycles. The van der Waals surface area contributed by atoms with E-state index in [9.17, 15) is 12.8 Å². The summed E-state index contributed by atoms with van der Waals surface area (Å²) in [6.45, 7) is 4.23. The SMILES string of the molecule is CC1SCCN(S(=O)(=O)c2cc(Br)cc(CCl)c2F)C1C. The van der Waals surface area contributed by atoms with Crippen LogP contribution in [0, 0.1) is 5.82 Å². The number of benzene rings is 1. The van der Waals surface area contributed by atoms with Gasteiger partial charge in [0, 0.05) is 33.6 Å². The predicted octanol–water partition coefficient (Wildman–Crippen LogP) is 3.84. The number of rotatable bonds is 3. The van der Waals surface area contributed by atoms with E-state index in [1.807, 2.05) is 13.8 Å². The van der Waals surface area contributed by atoms with E-state index in [2.05, 4.69) is 15.9 Å². The lowest BCUT2D eigenvalue weighted by Crippen LogP contribution is -2.48. The molecular formula is C13H16BrClFNO2S2. The minimum absolute atomic E-state index is 0.0738. The fourth-order valence-electron chi connectivity index (χ4n) is 2.27. The third-order valence-electron chi connectivity index (χ3n) is 3.64. The second-order valence-corrected chi connectivity index (χ2v) is 9.47. The molecule has 0 saturated carbocycles. The molecule has 21 heavy (non-hydrogen) atoms. The molecule has 1 aliphatic heterocycles. The van der Waals surface area contributed by atoms with Crippen molar-refractivity contribution in [2.24, 2.45) is 0 Å². The van der Waals surface area contributed by atoms with Crippen LogP contribution in [-0.2, 0) is 15.9 Å². The third-order valence-corrected chi connectivity index (χ3v) is 7.71. The summed E-state index contributed by atoms with van der Waals surface area (Å²) in [5, 5.41) is 0.177. The van der Waals surface area contributed by atoms with Crippen molar-refractivity contribution in [1.29, 1.82) is 0 Å². The van der Waals surface area contributed by atoms with Gasteiger partial charge < -0.3 is 0 Å². The molecule has 2 unspecified atom stereocenters. The molecule has 0 radical (unpaired) electrons. The molecule has 1 saturated heterocycles. The second kappa shape index (κ2) is 6.74. The van der Waals surface area contributed by atoms with Crippen molar-refractivity contribution in [2.75, 3.05) is 12.3 Å². The Morgan fingerprint density at radius 3 is 2.76 bits per heavy atom. The molecule has 1 heterocycles. The molecule has 8 heteroatoms. The molecule has 0 spiro atoms. The molecule has 2 rings (SSSR count). The van der Waals surface area contributed by atoms with Crippen LogP contribution in [0.5, 0.6) is 0 Å². The van der Waals surface area contributed by atoms with Gasteiger partial charge >= 0.3 is 0 Å². The maximum absolute atomic E-state index is 14.4. The van der Waals surface area contributed by atoms with Gasteiger partial charge in [-0.15, -0.1) is 11.6 Å². The van der Waals surface area contributed by atoms with Crippen LogP contribution >= 0.6 is 39.3 Å². The van der Waals surface area contributed by atoms with Crippen molar-refractivity contribution >= 4 is 49.3 Å². The van der Waals surface area contributed by atoms with Gasteiger partial charge in [0.15, 0.2) is 0 Å². The van der Waals surface area contributed by atoms with Crippen molar-refractivity contribution in [3.63, 3.8) is 0 Å². The molecule has 3 nitrogen and oxygen atoms in total. The van der Waals surface area contributed by atoms with E-state index in [4.69, 9.17) is 11.6 Å². The summed E-state index contributed by atoms with van der Waals surface area (Å²) >= 11 is 10.6. The van der Waals surface area contributed by atoms with E-state index in [1.54, 1.807) is 11.8 Å². The summed E-state index contributed by atoms with van der Waals surface area (Å²) in [7, 11) is -3.87. The largest absolute Gasteiger partial charge is 0.246 e. The maximum atomic E-state index is 14.4. The van der Waals surface area contributed by atoms with Gasteiger partial charge in [-0.3, -0.25) is 0 Å². The molecule has 1 aliphatic rings. The minimum atomic E-state index is -3.87. The van der Waals surface area contributed by atoms with Crippen LogP contribution < -0.4 is 0 Å². The van der Waals surface area contributed by atoms with Gasteiger partial charge in [-0.2, -0.15) is 16.1 Å². The smallest absolute Gasteiger partial charge is 0.207 e. The Bertz CT molecular complexity index is 641. The maximum Gasteiger partial charge on any atom is 0.246 e. The number of sulfonamides is 1. The lowest BCUT2D eigenvalue weighted by atomic mass is 10.2. The zero-order valence-corrected chi connectivity index (χ0v) is 15.6. The summed E-state index contributed by atoms with van der Waals surface area (Å²) in [6, 6.07) is 2.63. The Morgan fingerprint density at radius 1 is 1.48 bits per heavy atom. The Morgan fingerprint density at radius 2 is 2.14 bits per heavy atom. The standard InChI is InChI=1S/C13H16BrClFNO2S2/c1-8-9(2)20-4-3-17(8)21(18,19)12-6-11(14)5-10(7-15)13(12)16/h5-6,8-9H,3-4,7H2,1-2H3. The molecular weight excluding hydrogens is 401 g/mol. The van der Waals surface area contributed by atoms with Crippen LogP contribution in [0.25, 0.3) is 0 Å². The Kier molecular flexibility index (Phi) is 5.63. The number of alkyl halides is 1. The average molecular weight is 417 g/mol. The van der Waals surface area contributed by atoms with E-state index in [-0.39, 0.29) is 27.6 Å². The molecule has 1 aromatic rings. The van der Waals surface area contributed by atoms with Crippen molar-refractivity contribution in [3.05, 3.63) is 28.0 Å². The predicted molar refractivity (Wildman–Crippen MR) is 88.9 cm³/mol. The summed E-state index contributed by atoms with van der Waals surface area (Å²) < 4.78 is 41.9. The first-order valence-corrected chi connectivity index (χ1v) is 10.3. The highest BCUT2D eigenvalue weighted by molar-refractivity contribution is 9.10. The van der Waals surface area contributed by atoms with Crippen LogP contribution in [0.1, 0.15) is 19.4 Å². The van der Waals surface area contributed by atoms with Crippen molar-refractivity contribution in [1.82, 2.24) is 4.31 Å². The zero-order valence-electron chi connectivity index (χ0n) is 11.6. The number of hydrogen-bond acceptors (Lipinski definition) is 3. The fourth-order valence-corrected chi connectivity index (χ4v) is 6.26. The number of nitrogens with zero attached hydrogens (tertiary/aromatic N) is 1. The Labute approximate surface area is 142 Å². The van der Waals surface area contributed by atoms with Crippen molar-refractivity contribution < 1.29 is 12.8 Å². The normalized spacial score (nSPS) is 24.2. The second-order valence-electron chi connectivity index (χ2n) is 4.94. The van der Waals surface area contributed by atoms with Crippen LogP contribution in [0.4, 0.5) is 4.39 Å². The highest BCUT2D eigenvalue weighted by Crippen LogP contribution is 2.32. The molecule has 0 amide bonds. The number of halogens is 3. The van der Waals surface area contributed by atoms with E-state index >= 15 is 0 Å². The van der Waals surface area contributed by atoms with Gasteiger partial charge in [0.05, 0.1) is 5.88 Å². The first kappa shape index (κ1) is 17.5. The number of thioether (sulfide) groups is 1. The lowest BCUT2D eigenvalue weighted by molar-refractivity contribution is 0.338. The van der Waals surface area contributed by atoms with E-state index in [1.165, 1.54) is 16.4 Å².